The van der Waals surface area contributed by atoms with Gasteiger partial charge in [0, 0.05) is 29.9 Å². The first kappa shape index (κ1) is 21.2. The Kier molecular flexibility index (Phi) is 7.27. The average Bonchev–Trinajstić information content (AvgIpc) is 2.78. The number of ether oxygens (including phenoxy) is 2. The smallest absolute Gasteiger partial charge is 0.224 e. The SMILES string of the molecule is COc1ccc(OC)c(CNc2ccc(CC(=O)NCc3ccccc3F)cc2)c1. The van der Waals surface area contributed by atoms with E-state index >= 15 is 0 Å². The monoisotopic (exact) mass is 408 g/mol. The third-order valence-corrected chi connectivity index (χ3v) is 4.72. The largest absolute Gasteiger partial charge is 0.497 e. The minimum Gasteiger partial charge on any atom is -0.497 e. The summed E-state index contributed by atoms with van der Waals surface area (Å²) in [7, 11) is 3.27. The highest BCUT2D eigenvalue weighted by Gasteiger charge is 2.07. The molecule has 3 aromatic carbocycles. The Morgan fingerprint density at radius 1 is 0.900 bits per heavy atom. The molecule has 0 bridgehead atoms. The molecule has 30 heavy (non-hydrogen) atoms. The van der Waals surface area contributed by atoms with E-state index in [1.807, 2.05) is 42.5 Å². The fraction of sp³-hybridized carbons (Fsp3) is 0.208. The van der Waals surface area contributed by atoms with Gasteiger partial charge in [0.2, 0.25) is 5.91 Å². The van der Waals surface area contributed by atoms with E-state index in [1.165, 1.54) is 6.07 Å². The highest BCUT2D eigenvalue weighted by atomic mass is 19.1. The maximum atomic E-state index is 13.6. The van der Waals surface area contributed by atoms with Crippen LogP contribution in [0.25, 0.3) is 0 Å². The molecule has 0 saturated carbocycles. The van der Waals surface area contributed by atoms with Gasteiger partial charge < -0.3 is 20.1 Å². The molecule has 0 saturated heterocycles. The second-order valence-electron chi connectivity index (χ2n) is 6.77. The molecule has 2 N–H and O–H groups in total. The maximum absolute atomic E-state index is 13.6. The Morgan fingerprint density at radius 3 is 2.37 bits per heavy atom. The third-order valence-electron chi connectivity index (χ3n) is 4.72. The van der Waals surface area contributed by atoms with Gasteiger partial charge in [-0.3, -0.25) is 4.79 Å². The van der Waals surface area contributed by atoms with Crippen molar-refractivity contribution in [2.75, 3.05) is 19.5 Å². The van der Waals surface area contributed by atoms with Crippen molar-refractivity contribution in [3.63, 3.8) is 0 Å². The van der Waals surface area contributed by atoms with Gasteiger partial charge in [-0.2, -0.15) is 0 Å². The van der Waals surface area contributed by atoms with E-state index in [0.29, 0.717) is 12.1 Å². The van der Waals surface area contributed by atoms with Crippen LogP contribution in [0.15, 0.2) is 66.7 Å². The number of methoxy groups -OCH3 is 2. The molecule has 0 fully saturated rings. The van der Waals surface area contributed by atoms with Gasteiger partial charge in [0.1, 0.15) is 17.3 Å². The average molecular weight is 408 g/mol. The molecule has 1 amide bonds. The normalized spacial score (nSPS) is 10.4. The van der Waals surface area contributed by atoms with Crippen LogP contribution in [0.2, 0.25) is 0 Å². The summed E-state index contributed by atoms with van der Waals surface area (Å²) in [6.07, 6.45) is 0.235. The zero-order chi connectivity index (χ0) is 21.3. The van der Waals surface area contributed by atoms with Gasteiger partial charge in [-0.25, -0.2) is 4.39 Å². The van der Waals surface area contributed by atoms with Crippen molar-refractivity contribution < 1.29 is 18.7 Å². The molecule has 6 heteroatoms. The first-order valence-corrected chi connectivity index (χ1v) is 9.63. The van der Waals surface area contributed by atoms with Crippen LogP contribution in [0.4, 0.5) is 10.1 Å². The lowest BCUT2D eigenvalue weighted by Crippen LogP contribution is -2.25. The molecule has 0 aliphatic carbocycles. The van der Waals surface area contributed by atoms with E-state index in [0.717, 1.165) is 28.3 Å². The summed E-state index contributed by atoms with van der Waals surface area (Å²) in [4.78, 5) is 12.1. The van der Waals surface area contributed by atoms with Crippen molar-refractivity contribution in [1.29, 1.82) is 0 Å². The molecule has 0 aromatic heterocycles. The third kappa shape index (κ3) is 5.73. The summed E-state index contributed by atoms with van der Waals surface area (Å²) in [6, 6.07) is 19.7. The molecule has 0 atom stereocenters. The van der Waals surface area contributed by atoms with E-state index in [9.17, 15) is 9.18 Å². The van der Waals surface area contributed by atoms with Crippen LogP contribution >= 0.6 is 0 Å². The van der Waals surface area contributed by atoms with Gasteiger partial charge in [-0.1, -0.05) is 30.3 Å². The summed E-state index contributed by atoms with van der Waals surface area (Å²) in [5.74, 6) is 1.08. The Balaban J connectivity index is 1.52. The molecular formula is C24H25FN2O3. The maximum Gasteiger partial charge on any atom is 0.224 e. The summed E-state index contributed by atoms with van der Waals surface area (Å²) in [5.41, 5.74) is 3.26. The van der Waals surface area contributed by atoms with Gasteiger partial charge in [0.05, 0.1) is 20.6 Å². The zero-order valence-electron chi connectivity index (χ0n) is 17.1. The van der Waals surface area contributed by atoms with E-state index in [-0.39, 0.29) is 24.7 Å². The molecular weight excluding hydrogens is 383 g/mol. The van der Waals surface area contributed by atoms with Gasteiger partial charge >= 0.3 is 0 Å². The molecule has 3 rings (SSSR count). The van der Waals surface area contributed by atoms with E-state index in [4.69, 9.17) is 9.47 Å². The van der Waals surface area contributed by atoms with Crippen LogP contribution < -0.4 is 20.1 Å². The molecule has 0 unspecified atom stereocenters. The number of hydrogen-bond acceptors (Lipinski definition) is 4. The zero-order valence-corrected chi connectivity index (χ0v) is 17.1. The quantitative estimate of drug-likeness (QED) is 0.554. The number of carbonyl (C=O) groups is 1. The molecule has 3 aromatic rings. The number of hydrogen-bond donors (Lipinski definition) is 2. The minimum absolute atomic E-state index is 0.153. The van der Waals surface area contributed by atoms with Crippen molar-refractivity contribution in [3.8, 4) is 11.5 Å². The minimum atomic E-state index is -0.319. The summed E-state index contributed by atoms with van der Waals surface area (Å²) in [5, 5.41) is 6.10. The molecule has 0 spiro atoms. The Bertz CT molecular complexity index is 990. The van der Waals surface area contributed by atoms with E-state index < -0.39 is 0 Å². The van der Waals surface area contributed by atoms with Crippen molar-refractivity contribution in [1.82, 2.24) is 5.32 Å². The van der Waals surface area contributed by atoms with Gasteiger partial charge in [-0.15, -0.1) is 0 Å². The highest BCUT2D eigenvalue weighted by Crippen LogP contribution is 2.25. The van der Waals surface area contributed by atoms with Crippen molar-refractivity contribution in [3.05, 3.63) is 89.2 Å². The van der Waals surface area contributed by atoms with Gasteiger partial charge in [0.15, 0.2) is 0 Å². The molecule has 5 nitrogen and oxygen atoms in total. The number of rotatable bonds is 9. The van der Waals surface area contributed by atoms with Crippen LogP contribution in [-0.2, 0) is 24.3 Å². The number of halogens is 1. The predicted molar refractivity (Wildman–Crippen MR) is 115 cm³/mol. The predicted octanol–water partition coefficient (Wildman–Crippen LogP) is 4.31. The van der Waals surface area contributed by atoms with Crippen molar-refractivity contribution >= 4 is 11.6 Å². The first-order chi connectivity index (χ1) is 14.6. The van der Waals surface area contributed by atoms with Gasteiger partial charge in [0.25, 0.3) is 0 Å². The van der Waals surface area contributed by atoms with Crippen LogP contribution in [0.3, 0.4) is 0 Å². The molecule has 0 radical (unpaired) electrons. The van der Waals surface area contributed by atoms with Crippen LogP contribution in [0.5, 0.6) is 11.5 Å². The summed E-state index contributed by atoms with van der Waals surface area (Å²) >= 11 is 0. The summed E-state index contributed by atoms with van der Waals surface area (Å²) < 4.78 is 24.3. The van der Waals surface area contributed by atoms with E-state index in [1.54, 1.807) is 32.4 Å². The molecule has 0 aliphatic rings. The molecule has 0 aliphatic heterocycles. The van der Waals surface area contributed by atoms with Crippen LogP contribution in [0.1, 0.15) is 16.7 Å². The second kappa shape index (κ2) is 10.3. The lowest BCUT2D eigenvalue weighted by atomic mass is 10.1. The number of benzene rings is 3. The number of amides is 1. The molecule has 156 valence electrons. The fourth-order valence-electron chi connectivity index (χ4n) is 3.04. The summed E-state index contributed by atoms with van der Waals surface area (Å²) in [6.45, 7) is 0.746. The first-order valence-electron chi connectivity index (χ1n) is 9.63. The standard InChI is InChI=1S/C24H25FN2O3/c1-29-21-11-12-23(30-2)19(14-21)16-26-20-9-7-17(8-10-20)13-24(28)27-15-18-5-3-4-6-22(18)25/h3-12,14,26H,13,15-16H2,1-2H3,(H,27,28). The Labute approximate surface area is 175 Å². The Morgan fingerprint density at radius 2 is 1.67 bits per heavy atom. The van der Waals surface area contributed by atoms with E-state index in [2.05, 4.69) is 10.6 Å². The highest BCUT2D eigenvalue weighted by molar-refractivity contribution is 5.78. The van der Waals surface area contributed by atoms with Crippen molar-refractivity contribution in [2.24, 2.45) is 0 Å². The van der Waals surface area contributed by atoms with Crippen LogP contribution in [0, 0.1) is 5.82 Å². The number of carbonyl (C=O) groups excluding carboxylic acids is 1. The second-order valence-corrected chi connectivity index (χ2v) is 6.77. The lowest BCUT2D eigenvalue weighted by Gasteiger charge is -2.12. The lowest BCUT2D eigenvalue weighted by molar-refractivity contribution is -0.120. The Hall–Kier alpha value is -3.54. The van der Waals surface area contributed by atoms with Gasteiger partial charge in [-0.05, 0) is 42.0 Å². The van der Waals surface area contributed by atoms with Crippen molar-refractivity contribution in [2.45, 2.75) is 19.5 Å². The number of anilines is 1. The van der Waals surface area contributed by atoms with Crippen LogP contribution in [-0.4, -0.2) is 20.1 Å². The molecule has 0 heterocycles. The topological polar surface area (TPSA) is 59.6 Å². The fourth-order valence-corrected chi connectivity index (χ4v) is 3.04. The number of nitrogens with one attached hydrogen (secondary N) is 2.